The van der Waals surface area contributed by atoms with Gasteiger partial charge in [-0.3, -0.25) is 0 Å². The van der Waals surface area contributed by atoms with Gasteiger partial charge in [-0.15, -0.1) is 11.3 Å². The van der Waals surface area contributed by atoms with Gasteiger partial charge in [0.15, 0.2) is 0 Å². The van der Waals surface area contributed by atoms with Crippen molar-refractivity contribution in [3.63, 3.8) is 0 Å². The highest BCUT2D eigenvalue weighted by atomic mass is 32.1. The Balaban J connectivity index is 1.64. The summed E-state index contributed by atoms with van der Waals surface area (Å²) in [5, 5.41) is 3.86. The minimum Gasteiger partial charge on any atom is -0.488 e. The molecule has 24 heavy (non-hydrogen) atoms. The van der Waals surface area contributed by atoms with Gasteiger partial charge in [0.1, 0.15) is 22.5 Å². The summed E-state index contributed by atoms with van der Waals surface area (Å²) in [7, 11) is 1.59. The van der Waals surface area contributed by atoms with Gasteiger partial charge < -0.3 is 19.3 Å². The molecular weight excluding hydrogens is 323 g/mol. The van der Waals surface area contributed by atoms with Gasteiger partial charge in [0.25, 0.3) is 7.41 Å². The van der Waals surface area contributed by atoms with E-state index in [4.69, 9.17) is 4.74 Å². The van der Waals surface area contributed by atoms with E-state index >= 15 is 0 Å². The van der Waals surface area contributed by atoms with Crippen LogP contribution in [0.2, 0.25) is 0 Å². The van der Waals surface area contributed by atoms with Gasteiger partial charge in [0.2, 0.25) is 0 Å². The highest BCUT2D eigenvalue weighted by Crippen LogP contribution is 2.36. The summed E-state index contributed by atoms with van der Waals surface area (Å²) in [4.78, 5) is 24.7. The van der Waals surface area contributed by atoms with E-state index in [-0.39, 0.29) is 6.10 Å². The molecule has 6 nitrogen and oxygen atoms in total. The number of ether oxygens (including phenoxy) is 1. The van der Waals surface area contributed by atoms with Crippen molar-refractivity contribution in [3.8, 4) is 16.3 Å². The smallest absolute Gasteiger partial charge is 0.293 e. The minimum absolute atomic E-state index is 0.0552. The largest absolute Gasteiger partial charge is 0.488 e. The third-order valence-electron chi connectivity index (χ3n) is 4.17. The van der Waals surface area contributed by atoms with Gasteiger partial charge in [0.05, 0.1) is 11.6 Å². The van der Waals surface area contributed by atoms with Crippen LogP contribution in [-0.2, 0) is 4.79 Å². The lowest BCUT2D eigenvalue weighted by Crippen LogP contribution is -2.43. The van der Waals surface area contributed by atoms with Crippen molar-refractivity contribution >= 4 is 36.0 Å². The topological polar surface area (TPSA) is 71.1 Å². The Kier molecular flexibility index (Phi) is 4.31. The lowest BCUT2D eigenvalue weighted by atomic mass is 9.90. The summed E-state index contributed by atoms with van der Waals surface area (Å²) in [6.07, 6.45) is 8.34. The Morgan fingerprint density at radius 3 is 3.21 bits per heavy atom. The van der Waals surface area contributed by atoms with Crippen LogP contribution in [0.1, 0.15) is 12.8 Å². The van der Waals surface area contributed by atoms with E-state index in [0.29, 0.717) is 0 Å². The number of aromatic amines is 1. The molecule has 0 saturated carbocycles. The third-order valence-corrected chi connectivity index (χ3v) is 4.98. The molecule has 0 aliphatic carbocycles. The number of pyridine rings is 1. The first-order valence-corrected chi connectivity index (χ1v) is 8.78. The SMILES string of the molecule is O=C[B]N1CCC[C@@H](Oc2ccnc3[nH]cc(-c4nccs4)c23)C1. The van der Waals surface area contributed by atoms with E-state index in [1.807, 2.05) is 22.5 Å². The van der Waals surface area contributed by atoms with Crippen LogP contribution in [0.3, 0.4) is 0 Å². The molecule has 0 bridgehead atoms. The first-order valence-electron chi connectivity index (χ1n) is 7.90. The number of carbonyl (C=O) groups is 1. The van der Waals surface area contributed by atoms with Gasteiger partial charge in [-0.1, -0.05) is 0 Å². The maximum absolute atomic E-state index is 10.7. The summed E-state index contributed by atoms with van der Waals surface area (Å²) in [6.45, 7) is 1.62. The van der Waals surface area contributed by atoms with E-state index in [9.17, 15) is 4.79 Å². The molecule has 0 spiro atoms. The first-order chi connectivity index (χ1) is 11.8. The number of piperidine rings is 1. The van der Waals surface area contributed by atoms with Gasteiger partial charge >= 0.3 is 0 Å². The Hall–Kier alpha value is -2.19. The molecule has 1 aliphatic rings. The van der Waals surface area contributed by atoms with Gasteiger partial charge in [-0.2, -0.15) is 0 Å². The van der Waals surface area contributed by atoms with Crippen LogP contribution < -0.4 is 4.74 Å². The zero-order valence-electron chi connectivity index (χ0n) is 13.0. The number of nitrogens with zero attached hydrogens (tertiary/aromatic N) is 3. The van der Waals surface area contributed by atoms with Gasteiger partial charge in [-0.05, 0) is 25.5 Å². The molecule has 1 radical (unpaired) electrons. The minimum atomic E-state index is 0.0552. The van der Waals surface area contributed by atoms with Crippen LogP contribution in [0.4, 0.5) is 0 Å². The number of H-pyrrole nitrogens is 1. The van der Waals surface area contributed by atoms with E-state index < -0.39 is 0 Å². The number of rotatable bonds is 5. The molecule has 0 amide bonds. The zero-order chi connectivity index (χ0) is 16.4. The fourth-order valence-corrected chi connectivity index (χ4v) is 3.77. The number of fused-ring (bicyclic) bond motifs is 1. The number of thiazole rings is 1. The summed E-state index contributed by atoms with van der Waals surface area (Å²) >= 11 is 1.59. The molecule has 4 heterocycles. The lowest BCUT2D eigenvalue weighted by molar-refractivity contribution is 0.132. The molecule has 1 fully saturated rings. The third kappa shape index (κ3) is 2.94. The molecule has 0 unspecified atom stereocenters. The molecule has 1 saturated heterocycles. The van der Waals surface area contributed by atoms with Crippen molar-refractivity contribution in [2.24, 2.45) is 0 Å². The summed E-state index contributed by atoms with van der Waals surface area (Å²) in [5.74, 6) is 0.810. The quantitative estimate of drug-likeness (QED) is 0.571. The average Bonchev–Trinajstić information content (AvgIpc) is 3.25. The second-order valence-electron chi connectivity index (χ2n) is 5.73. The number of aromatic nitrogens is 3. The average molecular weight is 339 g/mol. The Morgan fingerprint density at radius 2 is 2.38 bits per heavy atom. The van der Waals surface area contributed by atoms with Crippen LogP contribution in [0, 0.1) is 0 Å². The predicted octanol–water partition coefficient (Wildman–Crippen LogP) is 2.34. The molecule has 3 aromatic rings. The monoisotopic (exact) mass is 339 g/mol. The molecule has 0 aromatic carbocycles. The molecule has 1 aliphatic heterocycles. The Bertz CT molecular complexity index is 836. The number of carbonyl (C=O) groups excluding carboxylic acids is 1. The number of hydrogen-bond donors (Lipinski definition) is 1. The maximum atomic E-state index is 10.7. The first kappa shape index (κ1) is 15.3. The van der Waals surface area contributed by atoms with Gasteiger partial charge in [0, 0.05) is 36.1 Å². The maximum Gasteiger partial charge on any atom is 0.293 e. The summed E-state index contributed by atoms with van der Waals surface area (Å²) < 4.78 is 6.28. The van der Waals surface area contributed by atoms with Crippen LogP contribution in [-0.4, -0.2) is 52.6 Å². The predicted molar refractivity (Wildman–Crippen MR) is 94.9 cm³/mol. The normalized spacial score (nSPS) is 18.6. The van der Waals surface area contributed by atoms with Crippen LogP contribution in [0.15, 0.2) is 30.0 Å². The molecule has 8 heteroatoms. The van der Waals surface area contributed by atoms with Crippen molar-refractivity contribution in [1.82, 2.24) is 19.8 Å². The fourth-order valence-electron chi connectivity index (χ4n) is 3.11. The molecule has 3 aromatic heterocycles. The van der Waals surface area contributed by atoms with Crippen LogP contribution in [0.25, 0.3) is 21.6 Å². The standard InChI is InChI=1S/C16H16BN4O2S/c22-10-17-21-6-1-2-11(9-21)23-13-3-4-18-15-14(13)12(8-20-15)16-19-5-7-24-16/h3-5,7-8,10-11H,1-2,6,9H2,(H,18,20)/t11-/m1/s1. The van der Waals surface area contributed by atoms with E-state index in [1.165, 1.54) is 0 Å². The van der Waals surface area contributed by atoms with Crippen molar-refractivity contribution in [2.45, 2.75) is 18.9 Å². The van der Waals surface area contributed by atoms with Crippen molar-refractivity contribution in [1.29, 1.82) is 0 Å². The molecule has 121 valence electrons. The number of hydrogen-bond acceptors (Lipinski definition) is 6. The number of nitrogens with one attached hydrogen (secondary N) is 1. The van der Waals surface area contributed by atoms with E-state index in [0.717, 1.165) is 59.5 Å². The van der Waals surface area contributed by atoms with Crippen LogP contribution in [0.5, 0.6) is 5.75 Å². The molecule has 1 atom stereocenters. The van der Waals surface area contributed by atoms with Crippen molar-refractivity contribution in [2.75, 3.05) is 13.1 Å². The zero-order valence-corrected chi connectivity index (χ0v) is 13.8. The van der Waals surface area contributed by atoms with Crippen LogP contribution >= 0.6 is 11.3 Å². The summed E-state index contributed by atoms with van der Waals surface area (Å²) in [6, 6.07) is 1.90. The lowest BCUT2D eigenvalue weighted by Gasteiger charge is -2.31. The Morgan fingerprint density at radius 1 is 1.42 bits per heavy atom. The summed E-state index contributed by atoms with van der Waals surface area (Å²) in [5.41, 5.74) is 1.81. The van der Waals surface area contributed by atoms with Gasteiger partial charge in [-0.25, -0.2) is 9.97 Å². The van der Waals surface area contributed by atoms with Crippen molar-refractivity contribution < 1.29 is 9.53 Å². The molecule has 4 rings (SSSR count). The van der Waals surface area contributed by atoms with E-state index in [2.05, 4.69) is 15.0 Å². The second-order valence-corrected chi connectivity index (χ2v) is 6.63. The highest BCUT2D eigenvalue weighted by molar-refractivity contribution is 7.13. The fraction of sp³-hybridized carbons (Fsp3) is 0.312. The highest BCUT2D eigenvalue weighted by Gasteiger charge is 2.23. The molecular formula is C16H16BN4O2S. The van der Waals surface area contributed by atoms with Crippen molar-refractivity contribution in [3.05, 3.63) is 30.0 Å². The Labute approximate surface area is 144 Å². The second kappa shape index (κ2) is 6.74. The molecule has 1 N–H and O–H groups in total. The van der Waals surface area contributed by atoms with E-state index in [1.54, 1.807) is 31.1 Å².